The Bertz CT molecular complexity index is 465. The highest BCUT2D eigenvalue weighted by atomic mass is 19.4. The van der Waals surface area contributed by atoms with Gasteiger partial charge in [-0.25, -0.2) is 4.39 Å². The van der Waals surface area contributed by atoms with E-state index in [9.17, 15) is 17.6 Å². The van der Waals surface area contributed by atoms with Crippen molar-refractivity contribution in [3.05, 3.63) is 29.6 Å². The molecule has 1 unspecified atom stereocenters. The Balaban J connectivity index is 2.14. The van der Waals surface area contributed by atoms with E-state index in [2.05, 4.69) is 19.2 Å². The number of alkyl halides is 3. The molecule has 1 aromatic rings. The van der Waals surface area contributed by atoms with Crippen LogP contribution in [-0.4, -0.2) is 6.04 Å². The number of nitrogens with one attached hydrogen (secondary N) is 1. The fourth-order valence-electron chi connectivity index (χ4n) is 2.63. The van der Waals surface area contributed by atoms with Gasteiger partial charge in [-0.1, -0.05) is 13.8 Å². The molecular weight excluding hydrogens is 258 g/mol. The summed E-state index contributed by atoms with van der Waals surface area (Å²) in [7, 11) is 0. The van der Waals surface area contributed by atoms with Crippen LogP contribution in [0.4, 0.5) is 23.2 Å². The number of rotatable bonds is 2. The maximum atomic E-state index is 13.2. The predicted octanol–water partition coefficient (Wildman–Crippen LogP) is 4.84. The number of benzene rings is 1. The molecule has 1 aliphatic rings. The second-order valence-corrected chi connectivity index (χ2v) is 5.94. The topological polar surface area (TPSA) is 12.0 Å². The molecule has 1 atom stereocenters. The van der Waals surface area contributed by atoms with Gasteiger partial charge in [0.05, 0.1) is 5.56 Å². The number of anilines is 1. The number of hydrogen-bond donors (Lipinski definition) is 1. The van der Waals surface area contributed by atoms with Gasteiger partial charge in [-0.3, -0.25) is 0 Å². The SMILES string of the molecule is CC1(C)CCC(Nc2ccc(F)c(C(F)(F)F)c2)C1. The molecule has 0 spiro atoms. The lowest BCUT2D eigenvalue weighted by molar-refractivity contribution is -0.139. The monoisotopic (exact) mass is 275 g/mol. The minimum absolute atomic E-state index is 0.154. The minimum Gasteiger partial charge on any atom is -0.382 e. The Morgan fingerprint density at radius 3 is 2.47 bits per heavy atom. The molecule has 1 aliphatic carbocycles. The molecule has 19 heavy (non-hydrogen) atoms. The van der Waals surface area contributed by atoms with E-state index >= 15 is 0 Å². The Labute approximate surface area is 110 Å². The Morgan fingerprint density at radius 2 is 1.95 bits per heavy atom. The van der Waals surface area contributed by atoms with E-state index in [0.717, 1.165) is 31.4 Å². The van der Waals surface area contributed by atoms with Gasteiger partial charge >= 0.3 is 6.18 Å². The maximum absolute atomic E-state index is 13.2. The molecule has 0 saturated heterocycles. The van der Waals surface area contributed by atoms with Gasteiger partial charge in [0.1, 0.15) is 5.82 Å². The summed E-state index contributed by atoms with van der Waals surface area (Å²) in [5, 5.41) is 3.07. The van der Waals surface area contributed by atoms with Crippen molar-refractivity contribution in [1.29, 1.82) is 0 Å². The van der Waals surface area contributed by atoms with Crippen molar-refractivity contribution in [3.63, 3.8) is 0 Å². The van der Waals surface area contributed by atoms with E-state index in [1.54, 1.807) is 0 Å². The van der Waals surface area contributed by atoms with E-state index in [1.807, 2.05) is 0 Å². The van der Waals surface area contributed by atoms with Gasteiger partial charge < -0.3 is 5.32 Å². The second-order valence-electron chi connectivity index (χ2n) is 5.94. The third-order valence-electron chi connectivity index (χ3n) is 3.61. The predicted molar refractivity (Wildman–Crippen MR) is 66.4 cm³/mol. The van der Waals surface area contributed by atoms with Gasteiger partial charge in [-0.05, 0) is 42.9 Å². The van der Waals surface area contributed by atoms with Gasteiger partial charge in [-0.15, -0.1) is 0 Å². The first-order valence-corrected chi connectivity index (χ1v) is 6.31. The third-order valence-corrected chi connectivity index (χ3v) is 3.61. The zero-order valence-electron chi connectivity index (χ0n) is 10.9. The summed E-state index contributed by atoms with van der Waals surface area (Å²) < 4.78 is 50.9. The molecular formula is C14H17F4N. The third kappa shape index (κ3) is 3.39. The highest BCUT2D eigenvalue weighted by Crippen LogP contribution is 2.39. The van der Waals surface area contributed by atoms with Gasteiger partial charge in [0.2, 0.25) is 0 Å². The maximum Gasteiger partial charge on any atom is 0.419 e. The largest absolute Gasteiger partial charge is 0.419 e. The lowest BCUT2D eigenvalue weighted by Gasteiger charge is -2.19. The fourth-order valence-corrected chi connectivity index (χ4v) is 2.63. The lowest BCUT2D eigenvalue weighted by Crippen LogP contribution is -2.18. The molecule has 0 radical (unpaired) electrons. The summed E-state index contributed by atoms with van der Waals surface area (Å²) >= 11 is 0. The molecule has 1 fully saturated rings. The van der Waals surface area contributed by atoms with E-state index < -0.39 is 17.6 Å². The molecule has 0 aliphatic heterocycles. The fraction of sp³-hybridized carbons (Fsp3) is 0.571. The average Bonchev–Trinajstić information content (AvgIpc) is 2.59. The molecule has 1 nitrogen and oxygen atoms in total. The van der Waals surface area contributed by atoms with Crippen LogP contribution in [0.2, 0.25) is 0 Å². The summed E-state index contributed by atoms with van der Waals surface area (Å²) in [6.07, 6.45) is -1.79. The highest BCUT2D eigenvalue weighted by molar-refractivity contribution is 5.48. The molecule has 106 valence electrons. The molecule has 1 N–H and O–H groups in total. The molecule has 0 heterocycles. The highest BCUT2D eigenvalue weighted by Gasteiger charge is 2.35. The summed E-state index contributed by atoms with van der Waals surface area (Å²) in [5.41, 5.74) is -0.670. The average molecular weight is 275 g/mol. The van der Waals surface area contributed by atoms with Crippen molar-refractivity contribution >= 4 is 5.69 Å². The van der Waals surface area contributed by atoms with Crippen molar-refractivity contribution in [2.24, 2.45) is 5.41 Å². The summed E-state index contributed by atoms with van der Waals surface area (Å²) in [5.74, 6) is -1.23. The lowest BCUT2D eigenvalue weighted by atomic mass is 9.92. The molecule has 2 rings (SSSR count). The van der Waals surface area contributed by atoms with Gasteiger partial charge in [0, 0.05) is 11.7 Å². The molecule has 5 heteroatoms. The molecule has 1 saturated carbocycles. The van der Waals surface area contributed by atoms with Gasteiger partial charge in [0.25, 0.3) is 0 Å². The molecule has 0 aromatic heterocycles. The van der Waals surface area contributed by atoms with Crippen LogP contribution in [0.3, 0.4) is 0 Å². The van der Waals surface area contributed by atoms with E-state index in [4.69, 9.17) is 0 Å². The first-order valence-electron chi connectivity index (χ1n) is 6.31. The van der Waals surface area contributed by atoms with Gasteiger partial charge in [-0.2, -0.15) is 13.2 Å². The van der Waals surface area contributed by atoms with E-state index in [-0.39, 0.29) is 11.5 Å². The van der Waals surface area contributed by atoms with Crippen LogP contribution in [0.1, 0.15) is 38.7 Å². The smallest absolute Gasteiger partial charge is 0.382 e. The minimum atomic E-state index is -4.66. The van der Waals surface area contributed by atoms with Crippen molar-refractivity contribution < 1.29 is 17.6 Å². The van der Waals surface area contributed by atoms with Crippen LogP contribution in [0.5, 0.6) is 0 Å². The van der Waals surface area contributed by atoms with Gasteiger partial charge in [0.15, 0.2) is 0 Å². The van der Waals surface area contributed by atoms with Crippen molar-refractivity contribution in [1.82, 2.24) is 0 Å². The van der Waals surface area contributed by atoms with Crippen LogP contribution in [-0.2, 0) is 6.18 Å². The van der Waals surface area contributed by atoms with Crippen LogP contribution in [0.25, 0.3) is 0 Å². The van der Waals surface area contributed by atoms with Crippen molar-refractivity contribution in [2.45, 2.75) is 45.3 Å². The van der Waals surface area contributed by atoms with Crippen LogP contribution in [0, 0.1) is 11.2 Å². The first kappa shape index (κ1) is 14.2. The summed E-state index contributed by atoms with van der Waals surface area (Å²) in [6, 6.07) is 3.23. The first-order chi connectivity index (χ1) is 8.67. The standard InChI is InChI=1S/C14H17F4N/c1-13(2)6-5-10(8-13)19-9-3-4-12(15)11(7-9)14(16,17)18/h3-4,7,10,19H,5-6,8H2,1-2H3. The normalized spacial score (nSPS) is 22.5. The molecule has 1 aromatic carbocycles. The summed E-state index contributed by atoms with van der Waals surface area (Å²) in [6.45, 7) is 4.28. The second kappa shape index (κ2) is 4.69. The van der Waals surface area contributed by atoms with Crippen molar-refractivity contribution in [2.75, 3.05) is 5.32 Å². The van der Waals surface area contributed by atoms with Crippen molar-refractivity contribution in [3.8, 4) is 0 Å². The summed E-state index contributed by atoms with van der Waals surface area (Å²) in [4.78, 5) is 0. The zero-order chi connectivity index (χ0) is 14.3. The van der Waals surface area contributed by atoms with Crippen LogP contribution < -0.4 is 5.32 Å². The quantitative estimate of drug-likeness (QED) is 0.762. The molecule has 0 amide bonds. The zero-order valence-corrected chi connectivity index (χ0v) is 10.9. The Kier molecular flexibility index (Phi) is 3.49. The van der Waals surface area contributed by atoms with Crippen LogP contribution >= 0.6 is 0 Å². The van der Waals surface area contributed by atoms with E-state index in [0.29, 0.717) is 5.69 Å². The molecule has 0 bridgehead atoms. The van der Waals surface area contributed by atoms with E-state index in [1.165, 1.54) is 6.07 Å². The van der Waals surface area contributed by atoms with Crippen LogP contribution in [0.15, 0.2) is 18.2 Å². The number of halogens is 4. The number of hydrogen-bond acceptors (Lipinski definition) is 1. The Hall–Kier alpha value is -1.26. The Morgan fingerprint density at radius 1 is 1.26 bits per heavy atom.